The van der Waals surface area contributed by atoms with E-state index in [2.05, 4.69) is 32.8 Å². The normalized spacial score (nSPS) is 17.9. The van der Waals surface area contributed by atoms with Crippen LogP contribution in [0, 0.1) is 9.39 Å². The predicted molar refractivity (Wildman–Crippen MR) is 94.7 cm³/mol. The smallest absolute Gasteiger partial charge is 0.128 e. The fourth-order valence-electron chi connectivity index (χ4n) is 2.67. The van der Waals surface area contributed by atoms with Crippen molar-refractivity contribution in [2.24, 2.45) is 0 Å². The van der Waals surface area contributed by atoms with E-state index in [-0.39, 0.29) is 11.9 Å². The molecule has 0 aliphatic carbocycles. The highest BCUT2D eigenvalue weighted by molar-refractivity contribution is 14.1. The van der Waals surface area contributed by atoms with E-state index in [1.165, 1.54) is 11.3 Å². The lowest BCUT2D eigenvalue weighted by Gasteiger charge is -2.35. The minimum atomic E-state index is -0.150. The molecule has 0 unspecified atom stereocenters. The quantitative estimate of drug-likeness (QED) is 0.728. The molecule has 3 rings (SSSR count). The van der Waals surface area contributed by atoms with Gasteiger partial charge in [-0.1, -0.05) is 11.6 Å². The van der Waals surface area contributed by atoms with E-state index in [1.807, 2.05) is 18.2 Å². The number of piperazine rings is 1. The molecule has 0 radical (unpaired) electrons. The summed E-state index contributed by atoms with van der Waals surface area (Å²) in [5.74, 6) is -0.150. The number of rotatable bonds is 3. The van der Waals surface area contributed by atoms with Gasteiger partial charge in [-0.2, -0.15) is 0 Å². The standard InChI is InChI=1S/C15H15ClFIN2S/c16-14-4-3-13(21-14)15(20-7-5-19-6-8-20)11-9-10(18)1-2-12(11)17/h1-4,9,15,19H,5-8H2/t15-/m1/s1. The maximum Gasteiger partial charge on any atom is 0.128 e. The van der Waals surface area contributed by atoms with Crippen molar-refractivity contribution in [1.82, 2.24) is 10.2 Å². The van der Waals surface area contributed by atoms with E-state index in [1.54, 1.807) is 12.1 Å². The van der Waals surface area contributed by atoms with E-state index in [0.29, 0.717) is 0 Å². The molecule has 0 amide bonds. The molecule has 21 heavy (non-hydrogen) atoms. The van der Waals surface area contributed by atoms with Crippen LogP contribution in [0.15, 0.2) is 30.3 Å². The summed E-state index contributed by atoms with van der Waals surface area (Å²) in [5, 5.41) is 3.34. The predicted octanol–water partition coefficient (Wildman–Crippen LogP) is 4.14. The number of hydrogen-bond acceptors (Lipinski definition) is 3. The summed E-state index contributed by atoms with van der Waals surface area (Å²) in [6.07, 6.45) is 0. The molecule has 0 bridgehead atoms. The number of nitrogens with zero attached hydrogens (tertiary/aromatic N) is 1. The van der Waals surface area contributed by atoms with Crippen molar-refractivity contribution >= 4 is 45.5 Å². The molecule has 1 N–H and O–H groups in total. The van der Waals surface area contributed by atoms with Crippen molar-refractivity contribution in [3.63, 3.8) is 0 Å². The Bertz CT molecular complexity index is 628. The van der Waals surface area contributed by atoms with Crippen LogP contribution in [-0.2, 0) is 0 Å². The van der Waals surface area contributed by atoms with Crippen LogP contribution in [0.2, 0.25) is 4.34 Å². The summed E-state index contributed by atoms with van der Waals surface area (Å²) in [4.78, 5) is 3.43. The van der Waals surface area contributed by atoms with Crippen LogP contribution in [0.5, 0.6) is 0 Å². The second-order valence-electron chi connectivity index (χ2n) is 5.00. The minimum Gasteiger partial charge on any atom is -0.314 e. The van der Waals surface area contributed by atoms with E-state index in [4.69, 9.17) is 11.6 Å². The summed E-state index contributed by atoms with van der Waals surface area (Å²) >= 11 is 9.86. The lowest BCUT2D eigenvalue weighted by molar-refractivity contribution is 0.197. The number of nitrogens with one attached hydrogen (secondary N) is 1. The van der Waals surface area contributed by atoms with Crippen molar-refractivity contribution in [2.45, 2.75) is 6.04 Å². The fraction of sp³-hybridized carbons (Fsp3) is 0.333. The summed E-state index contributed by atoms with van der Waals surface area (Å²) in [5.41, 5.74) is 0.738. The van der Waals surface area contributed by atoms with Crippen LogP contribution in [-0.4, -0.2) is 31.1 Å². The largest absolute Gasteiger partial charge is 0.314 e. The van der Waals surface area contributed by atoms with Gasteiger partial charge >= 0.3 is 0 Å². The van der Waals surface area contributed by atoms with Crippen LogP contribution in [0.1, 0.15) is 16.5 Å². The highest BCUT2D eigenvalue weighted by Crippen LogP contribution is 2.36. The molecule has 1 aromatic carbocycles. The van der Waals surface area contributed by atoms with Crippen LogP contribution in [0.4, 0.5) is 4.39 Å². The second kappa shape index (κ2) is 6.91. The zero-order chi connectivity index (χ0) is 14.8. The van der Waals surface area contributed by atoms with Gasteiger partial charge in [-0.05, 0) is 52.9 Å². The molecular weight excluding hydrogens is 422 g/mol. The third kappa shape index (κ3) is 3.59. The molecule has 1 aliphatic rings. The van der Waals surface area contributed by atoms with Crippen molar-refractivity contribution in [3.8, 4) is 0 Å². The summed E-state index contributed by atoms with van der Waals surface area (Å²) in [7, 11) is 0. The summed E-state index contributed by atoms with van der Waals surface area (Å²) in [6, 6.07) is 9.15. The number of halogens is 3. The Hall–Kier alpha value is -0.210. The zero-order valence-electron chi connectivity index (χ0n) is 11.3. The Kier molecular flexibility index (Phi) is 5.16. The van der Waals surface area contributed by atoms with E-state index in [0.717, 1.165) is 44.5 Å². The third-order valence-corrected chi connectivity index (χ3v) is 5.59. The average molecular weight is 437 g/mol. The highest BCUT2D eigenvalue weighted by atomic mass is 127. The van der Waals surface area contributed by atoms with Gasteiger partial charge in [-0.15, -0.1) is 11.3 Å². The molecule has 0 saturated carbocycles. The van der Waals surface area contributed by atoms with Gasteiger partial charge in [-0.25, -0.2) is 4.39 Å². The van der Waals surface area contributed by atoms with E-state index >= 15 is 0 Å². The lowest BCUT2D eigenvalue weighted by Crippen LogP contribution is -2.45. The molecule has 112 valence electrons. The van der Waals surface area contributed by atoms with Gasteiger partial charge in [0, 0.05) is 40.2 Å². The molecule has 6 heteroatoms. The van der Waals surface area contributed by atoms with Crippen LogP contribution in [0.25, 0.3) is 0 Å². The Balaban J connectivity index is 2.04. The summed E-state index contributed by atoms with van der Waals surface area (Å²) in [6.45, 7) is 3.68. The SMILES string of the molecule is Fc1ccc(I)cc1[C@H](c1ccc(Cl)s1)N1CCNCC1. The summed E-state index contributed by atoms with van der Waals surface area (Å²) < 4.78 is 16.2. The van der Waals surface area contributed by atoms with Gasteiger partial charge in [0.1, 0.15) is 5.82 Å². The van der Waals surface area contributed by atoms with Gasteiger partial charge in [0.2, 0.25) is 0 Å². The van der Waals surface area contributed by atoms with Crippen molar-refractivity contribution in [2.75, 3.05) is 26.2 Å². The average Bonchev–Trinajstić information content (AvgIpc) is 2.90. The first kappa shape index (κ1) is 15.7. The maximum absolute atomic E-state index is 14.4. The second-order valence-corrected chi connectivity index (χ2v) is 7.99. The molecule has 2 heterocycles. The number of hydrogen-bond donors (Lipinski definition) is 1. The monoisotopic (exact) mass is 436 g/mol. The third-order valence-electron chi connectivity index (χ3n) is 3.63. The van der Waals surface area contributed by atoms with E-state index < -0.39 is 0 Å². The lowest BCUT2D eigenvalue weighted by atomic mass is 10.0. The Morgan fingerprint density at radius 3 is 2.67 bits per heavy atom. The molecule has 1 saturated heterocycles. The number of benzene rings is 1. The van der Waals surface area contributed by atoms with E-state index in [9.17, 15) is 4.39 Å². The Labute approximate surface area is 146 Å². The Morgan fingerprint density at radius 1 is 1.24 bits per heavy atom. The van der Waals surface area contributed by atoms with Crippen LogP contribution < -0.4 is 5.32 Å². The first-order valence-corrected chi connectivity index (χ1v) is 9.07. The molecule has 1 aromatic heterocycles. The van der Waals surface area contributed by atoms with Gasteiger partial charge in [0.25, 0.3) is 0 Å². The maximum atomic E-state index is 14.4. The van der Waals surface area contributed by atoms with Gasteiger partial charge in [0.05, 0.1) is 10.4 Å². The molecule has 2 aromatic rings. The van der Waals surface area contributed by atoms with Crippen molar-refractivity contribution in [3.05, 3.63) is 54.5 Å². The van der Waals surface area contributed by atoms with Crippen molar-refractivity contribution < 1.29 is 4.39 Å². The highest BCUT2D eigenvalue weighted by Gasteiger charge is 2.27. The van der Waals surface area contributed by atoms with Crippen LogP contribution in [0.3, 0.4) is 0 Å². The fourth-order valence-corrected chi connectivity index (χ4v) is 4.40. The Morgan fingerprint density at radius 2 is 2.00 bits per heavy atom. The van der Waals surface area contributed by atoms with Gasteiger partial charge < -0.3 is 5.32 Å². The number of thiophene rings is 1. The topological polar surface area (TPSA) is 15.3 Å². The first-order chi connectivity index (χ1) is 10.1. The van der Waals surface area contributed by atoms with Gasteiger partial charge in [0.15, 0.2) is 0 Å². The van der Waals surface area contributed by atoms with Crippen LogP contribution >= 0.6 is 45.5 Å². The molecular formula is C15H15ClFIN2S. The molecule has 1 fully saturated rings. The molecule has 0 spiro atoms. The van der Waals surface area contributed by atoms with Crippen molar-refractivity contribution in [1.29, 1.82) is 0 Å². The van der Waals surface area contributed by atoms with Gasteiger partial charge in [-0.3, -0.25) is 4.90 Å². The molecule has 1 aliphatic heterocycles. The zero-order valence-corrected chi connectivity index (χ0v) is 15.0. The molecule has 2 nitrogen and oxygen atoms in total. The first-order valence-electron chi connectivity index (χ1n) is 6.80. The molecule has 1 atom stereocenters. The minimum absolute atomic E-state index is 0.0562.